The van der Waals surface area contributed by atoms with Gasteiger partial charge in [-0.1, -0.05) is 6.92 Å². The summed E-state index contributed by atoms with van der Waals surface area (Å²) in [5.74, 6) is 0.846. The Balaban J connectivity index is 2.12. The summed E-state index contributed by atoms with van der Waals surface area (Å²) in [6.07, 6.45) is 2.94. The second-order valence-corrected chi connectivity index (χ2v) is 3.38. The van der Waals surface area contributed by atoms with Crippen molar-refractivity contribution in [3.8, 4) is 0 Å². The first-order valence-electron chi connectivity index (χ1n) is 4.65. The summed E-state index contributed by atoms with van der Waals surface area (Å²) in [6, 6.07) is 0. The molecule has 2 heteroatoms. The highest BCUT2D eigenvalue weighted by Gasteiger charge is 2.18. The third-order valence-corrected chi connectivity index (χ3v) is 2.28. The van der Waals surface area contributed by atoms with Gasteiger partial charge in [0, 0.05) is 6.61 Å². The lowest BCUT2D eigenvalue weighted by molar-refractivity contribution is 0.00306. The van der Waals surface area contributed by atoms with Crippen molar-refractivity contribution in [2.24, 2.45) is 5.92 Å². The third-order valence-electron chi connectivity index (χ3n) is 2.28. The topological polar surface area (TPSA) is 21.3 Å². The van der Waals surface area contributed by atoms with Crippen LogP contribution in [0.1, 0.15) is 26.7 Å². The van der Waals surface area contributed by atoms with E-state index in [1.54, 1.807) is 0 Å². The molecule has 1 aliphatic heterocycles. The van der Waals surface area contributed by atoms with Crippen LogP contribution in [0.3, 0.4) is 0 Å². The standard InChI is InChI=1S/C9H19NO/c1-3-10-7-9-4-5-11-8(2)6-9/h8-10H,3-7H2,1-2H3. The van der Waals surface area contributed by atoms with Crippen molar-refractivity contribution in [1.82, 2.24) is 5.32 Å². The Morgan fingerprint density at radius 3 is 3.00 bits per heavy atom. The van der Waals surface area contributed by atoms with Crippen LogP contribution in [0.4, 0.5) is 0 Å². The molecule has 0 aromatic carbocycles. The largest absolute Gasteiger partial charge is 0.378 e. The van der Waals surface area contributed by atoms with Gasteiger partial charge in [0.25, 0.3) is 0 Å². The highest BCUT2D eigenvalue weighted by atomic mass is 16.5. The van der Waals surface area contributed by atoms with Gasteiger partial charge in [0.15, 0.2) is 0 Å². The van der Waals surface area contributed by atoms with Gasteiger partial charge in [-0.15, -0.1) is 0 Å². The average Bonchev–Trinajstić information content (AvgIpc) is 2.01. The predicted molar refractivity (Wildman–Crippen MR) is 46.7 cm³/mol. The molecule has 0 spiro atoms. The molecule has 1 N–H and O–H groups in total. The molecule has 2 atom stereocenters. The summed E-state index contributed by atoms with van der Waals surface area (Å²) in [5, 5.41) is 3.38. The van der Waals surface area contributed by atoms with E-state index in [1.165, 1.54) is 19.4 Å². The number of hydrogen-bond acceptors (Lipinski definition) is 2. The second-order valence-electron chi connectivity index (χ2n) is 3.38. The molecule has 0 amide bonds. The zero-order valence-corrected chi connectivity index (χ0v) is 7.60. The van der Waals surface area contributed by atoms with Gasteiger partial charge in [-0.2, -0.15) is 0 Å². The van der Waals surface area contributed by atoms with E-state index in [1.807, 2.05) is 0 Å². The van der Waals surface area contributed by atoms with Crippen molar-refractivity contribution in [3.63, 3.8) is 0 Å². The van der Waals surface area contributed by atoms with Crippen molar-refractivity contribution in [3.05, 3.63) is 0 Å². The molecule has 0 saturated carbocycles. The molecule has 1 rings (SSSR count). The Morgan fingerprint density at radius 2 is 2.36 bits per heavy atom. The molecular formula is C9H19NO. The lowest BCUT2D eigenvalue weighted by Gasteiger charge is -2.27. The molecule has 1 heterocycles. The average molecular weight is 157 g/mol. The van der Waals surface area contributed by atoms with Gasteiger partial charge >= 0.3 is 0 Å². The van der Waals surface area contributed by atoms with E-state index >= 15 is 0 Å². The molecule has 2 nitrogen and oxygen atoms in total. The molecule has 2 unspecified atom stereocenters. The van der Waals surface area contributed by atoms with E-state index in [-0.39, 0.29) is 0 Å². The minimum Gasteiger partial charge on any atom is -0.378 e. The first kappa shape index (κ1) is 9.01. The first-order chi connectivity index (χ1) is 5.33. The minimum atomic E-state index is 0.479. The molecule has 0 bridgehead atoms. The summed E-state index contributed by atoms with van der Waals surface area (Å²) in [7, 11) is 0. The summed E-state index contributed by atoms with van der Waals surface area (Å²) >= 11 is 0. The smallest absolute Gasteiger partial charge is 0.0550 e. The van der Waals surface area contributed by atoms with Gasteiger partial charge in [-0.05, 0) is 38.8 Å². The highest BCUT2D eigenvalue weighted by molar-refractivity contribution is 4.70. The second kappa shape index (κ2) is 4.73. The molecular weight excluding hydrogens is 138 g/mol. The third kappa shape index (κ3) is 3.21. The van der Waals surface area contributed by atoms with Gasteiger partial charge in [-0.3, -0.25) is 0 Å². The van der Waals surface area contributed by atoms with Crippen LogP contribution in [-0.4, -0.2) is 25.8 Å². The number of nitrogens with one attached hydrogen (secondary N) is 1. The van der Waals surface area contributed by atoms with E-state index in [9.17, 15) is 0 Å². The summed E-state index contributed by atoms with van der Waals surface area (Å²) in [6.45, 7) is 7.54. The number of rotatable bonds is 3. The van der Waals surface area contributed by atoms with Crippen molar-refractivity contribution >= 4 is 0 Å². The van der Waals surface area contributed by atoms with Crippen molar-refractivity contribution < 1.29 is 4.74 Å². The summed E-state index contributed by atoms with van der Waals surface area (Å²) < 4.78 is 5.46. The van der Waals surface area contributed by atoms with Crippen molar-refractivity contribution in [1.29, 1.82) is 0 Å². The monoisotopic (exact) mass is 157 g/mol. The number of hydrogen-bond donors (Lipinski definition) is 1. The van der Waals surface area contributed by atoms with Crippen molar-refractivity contribution in [2.45, 2.75) is 32.8 Å². The molecule has 0 aliphatic carbocycles. The van der Waals surface area contributed by atoms with E-state index in [0.717, 1.165) is 19.1 Å². The van der Waals surface area contributed by atoms with Crippen LogP contribution in [0.5, 0.6) is 0 Å². The van der Waals surface area contributed by atoms with Crippen LogP contribution in [0, 0.1) is 5.92 Å². The highest BCUT2D eigenvalue weighted by Crippen LogP contribution is 2.18. The van der Waals surface area contributed by atoms with Crippen LogP contribution < -0.4 is 5.32 Å². The zero-order valence-electron chi connectivity index (χ0n) is 7.60. The Bertz CT molecular complexity index is 106. The maximum atomic E-state index is 5.46. The molecule has 0 radical (unpaired) electrons. The fourth-order valence-electron chi connectivity index (χ4n) is 1.63. The van der Waals surface area contributed by atoms with Gasteiger partial charge in [0.2, 0.25) is 0 Å². The maximum absolute atomic E-state index is 5.46. The van der Waals surface area contributed by atoms with E-state index < -0.39 is 0 Å². The van der Waals surface area contributed by atoms with Gasteiger partial charge < -0.3 is 10.1 Å². The quantitative estimate of drug-likeness (QED) is 0.669. The fourth-order valence-corrected chi connectivity index (χ4v) is 1.63. The van der Waals surface area contributed by atoms with Gasteiger partial charge in [-0.25, -0.2) is 0 Å². The molecule has 11 heavy (non-hydrogen) atoms. The normalized spacial score (nSPS) is 32.2. The Morgan fingerprint density at radius 1 is 1.55 bits per heavy atom. The molecule has 1 fully saturated rings. The van der Waals surface area contributed by atoms with Crippen molar-refractivity contribution in [2.75, 3.05) is 19.7 Å². The van der Waals surface area contributed by atoms with Gasteiger partial charge in [0.05, 0.1) is 6.10 Å². The van der Waals surface area contributed by atoms with E-state index in [4.69, 9.17) is 4.74 Å². The SMILES string of the molecule is CCNCC1CCOC(C)C1. The van der Waals surface area contributed by atoms with Crippen LogP contribution in [0.2, 0.25) is 0 Å². The first-order valence-corrected chi connectivity index (χ1v) is 4.65. The molecule has 0 aromatic heterocycles. The van der Waals surface area contributed by atoms with Crippen LogP contribution in [0.25, 0.3) is 0 Å². The zero-order chi connectivity index (χ0) is 8.10. The predicted octanol–water partition coefficient (Wildman–Crippen LogP) is 1.41. The molecule has 0 aromatic rings. The summed E-state index contributed by atoms with van der Waals surface area (Å²) in [4.78, 5) is 0. The van der Waals surface area contributed by atoms with E-state index in [0.29, 0.717) is 6.10 Å². The molecule has 66 valence electrons. The lowest BCUT2D eigenvalue weighted by atomic mass is 9.96. The fraction of sp³-hybridized carbons (Fsp3) is 1.00. The van der Waals surface area contributed by atoms with E-state index in [2.05, 4.69) is 19.2 Å². The molecule has 1 aliphatic rings. The lowest BCUT2D eigenvalue weighted by Crippen LogP contribution is -2.30. The maximum Gasteiger partial charge on any atom is 0.0550 e. The van der Waals surface area contributed by atoms with Crippen LogP contribution >= 0.6 is 0 Å². The Kier molecular flexibility index (Phi) is 3.87. The van der Waals surface area contributed by atoms with Gasteiger partial charge in [0.1, 0.15) is 0 Å². The number of ether oxygens (including phenoxy) is 1. The Hall–Kier alpha value is -0.0800. The Labute approximate surface area is 69.3 Å². The van der Waals surface area contributed by atoms with Crippen LogP contribution in [-0.2, 0) is 4.74 Å². The summed E-state index contributed by atoms with van der Waals surface area (Å²) in [5.41, 5.74) is 0. The molecule has 1 saturated heterocycles. The minimum absolute atomic E-state index is 0.479. The van der Waals surface area contributed by atoms with Crippen LogP contribution in [0.15, 0.2) is 0 Å².